The monoisotopic (exact) mass is 362 g/mol. The fraction of sp³-hybridized carbons (Fsp3) is 0.579. The van der Waals surface area contributed by atoms with E-state index >= 15 is 0 Å². The number of halogens is 1. The number of rotatable bonds is 7. The SMILES string of the molecule is CN(Cc1ccc(F)cc1)C(=O)CN1CCN(CC(=O)NC2CC2)CC1. The maximum Gasteiger partial charge on any atom is 0.236 e. The van der Waals surface area contributed by atoms with E-state index in [2.05, 4.69) is 15.1 Å². The van der Waals surface area contributed by atoms with E-state index in [4.69, 9.17) is 0 Å². The van der Waals surface area contributed by atoms with Gasteiger partial charge in [0.15, 0.2) is 0 Å². The highest BCUT2D eigenvalue weighted by Crippen LogP contribution is 2.18. The third kappa shape index (κ3) is 5.78. The Morgan fingerprint density at radius 3 is 2.23 bits per heavy atom. The van der Waals surface area contributed by atoms with Crippen LogP contribution in [0.3, 0.4) is 0 Å². The Balaban J connectivity index is 1.36. The van der Waals surface area contributed by atoms with Gasteiger partial charge in [0.25, 0.3) is 0 Å². The topological polar surface area (TPSA) is 55.9 Å². The minimum absolute atomic E-state index is 0.0502. The van der Waals surface area contributed by atoms with Gasteiger partial charge in [-0.05, 0) is 30.5 Å². The quantitative estimate of drug-likeness (QED) is 0.775. The van der Waals surface area contributed by atoms with Gasteiger partial charge in [-0.25, -0.2) is 4.39 Å². The maximum absolute atomic E-state index is 13.0. The first-order valence-electron chi connectivity index (χ1n) is 9.22. The number of carbonyl (C=O) groups excluding carboxylic acids is 2. The molecule has 1 saturated carbocycles. The Morgan fingerprint density at radius 1 is 1.08 bits per heavy atom. The van der Waals surface area contributed by atoms with Gasteiger partial charge >= 0.3 is 0 Å². The molecule has 0 radical (unpaired) electrons. The van der Waals surface area contributed by atoms with Gasteiger partial charge in [0.1, 0.15) is 5.82 Å². The van der Waals surface area contributed by atoms with E-state index in [1.54, 1.807) is 24.1 Å². The predicted molar refractivity (Wildman–Crippen MR) is 96.9 cm³/mol. The lowest BCUT2D eigenvalue weighted by molar-refractivity contribution is -0.132. The van der Waals surface area contributed by atoms with Crippen LogP contribution in [0.5, 0.6) is 0 Å². The van der Waals surface area contributed by atoms with Crippen LogP contribution < -0.4 is 5.32 Å². The van der Waals surface area contributed by atoms with Crippen molar-refractivity contribution >= 4 is 11.8 Å². The summed E-state index contributed by atoms with van der Waals surface area (Å²) in [6, 6.07) is 6.62. The van der Waals surface area contributed by atoms with Crippen molar-refractivity contribution in [1.82, 2.24) is 20.0 Å². The normalized spacial score (nSPS) is 18.5. The van der Waals surface area contributed by atoms with E-state index in [1.807, 2.05) is 0 Å². The van der Waals surface area contributed by atoms with Crippen molar-refractivity contribution in [2.75, 3.05) is 46.3 Å². The highest BCUT2D eigenvalue weighted by molar-refractivity contribution is 5.79. The van der Waals surface area contributed by atoms with Crippen LogP contribution in [0.15, 0.2) is 24.3 Å². The molecular formula is C19H27FN4O2. The molecule has 1 aliphatic carbocycles. The minimum Gasteiger partial charge on any atom is -0.352 e. The molecule has 2 aliphatic rings. The van der Waals surface area contributed by atoms with Crippen molar-refractivity contribution in [2.45, 2.75) is 25.4 Å². The van der Waals surface area contributed by atoms with Crippen LogP contribution in [-0.2, 0) is 16.1 Å². The summed E-state index contributed by atoms with van der Waals surface area (Å²) in [6.07, 6.45) is 2.21. The number of amides is 2. The second-order valence-electron chi connectivity index (χ2n) is 7.27. The summed E-state index contributed by atoms with van der Waals surface area (Å²) < 4.78 is 13.0. The predicted octanol–water partition coefficient (Wildman–Crippen LogP) is 0.680. The second kappa shape index (κ2) is 8.60. The summed E-state index contributed by atoms with van der Waals surface area (Å²) >= 11 is 0. The summed E-state index contributed by atoms with van der Waals surface area (Å²) in [4.78, 5) is 30.2. The third-order valence-electron chi connectivity index (χ3n) is 4.89. The van der Waals surface area contributed by atoms with Crippen LogP contribution >= 0.6 is 0 Å². The molecule has 1 saturated heterocycles. The van der Waals surface area contributed by atoms with Gasteiger partial charge in [-0.1, -0.05) is 12.1 Å². The molecule has 7 heteroatoms. The van der Waals surface area contributed by atoms with Crippen molar-refractivity contribution in [3.63, 3.8) is 0 Å². The van der Waals surface area contributed by atoms with Crippen LogP contribution in [0.4, 0.5) is 4.39 Å². The van der Waals surface area contributed by atoms with Crippen LogP contribution in [0.25, 0.3) is 0 Å². The summed E-state index contributed by atoms with van der Waals surface area (Å²) in [5, 5.41) is 3.01. The van der Waals surface area contributed by atoms with Gasteiger partial charge in [0, 0.05) is 45.8 Å². The summed E-state index contributed by atoms with van der Waals surface area (Å²) in [7, 11) is 1.77. The van der Waals surface area contributed by atoms with E-state index in [0.717, 1.165) is 44.6 Å². The van der Waals surface area contributed by atoms with Gasteiger partial charge in [0.2, 0.25) is 11.8 Å². The molecule has 2 amide bonds. The van der Waals surface area contributed by atoms with Crippen molar-refractivity contribution in [3.8, 4) is 0 Å². The second-order valence-corrected chi connectivity index (χ2v) is 7.27. The smallest absolute Gasteiger partial charge is 0.236 e. The Kier molecular flexibility index (Phi) is 6.21. The maximum atomic E-state index is 13.0. The van der Waals surface area contributed by atoms with Gasteiger partial charge in [-0.3, -0.25) is 19.4 Å². The molecule has 0 bridgehead atoms. The number of carbonyl (C=O) groups is 2. The third-order valence-corrected chi connectivity index (χ3v) is 4.89. The van der Waals surface area contributed by atoms with Crippen LogP contribution in [0, 0.1) is 5.82 Å². The molecule has 0 aromatic heterocycles. The number of nitrogens with one attached hydrogen (secondary N) is 1. The molecule has 142 valence electrons. The molecule has 1 aromatic rings. The minimum atomic E-state index is -0.272. The first kappa shape index (κ1) is 18.8. The van der Waals surface area contributed by atoms with Crippen molar-refractivity contribution in [1.29, 1.82) is 0 Å². The number of likely N-dealkylation sites (N-methyl/N-ethyl adjacent to an activating group) is 1. The van der Waals surface area contributed by atoms with E-state index in [9.17, 15) is 14.0 Å². The van der Waals surface area contributed by atoms with Crippen molar-refractivity contribution < 1.29 is 14.0 Å². The molecule has 1 aliphatic heterocycles. The average molecular weight is 362 g/mol. The van der Waals surface area contributed by atoms with Gasteiger partial charge < -0.3 is 10.2 Å². The lowest BCUT2D eigenvalue weighted by Gasteiger charge is -2.34. The lowest BCUT2D eigenvalue weighted by atomic mass is 10.2. The van der Waals surface area contributed by atoms with Crippen LogP contribution in [0.1, 0.15) is 18.4 Å². The van der Waals surface area contributed by atoms with Gasteiger partial charge in [-0.15, -0.1) is 0 Å². The van der Waals surface area contributed by atoms with Crippen molar-refractivity contribution in [2.24, 2.45) is 0 Å². The Labute approximate surface area is 153 Å². The number of nitrogens with zero attached hydrogens (tertiary/aromatic N) is 3. The standard InChI is InChI=1S/C19H27FN4O2/c1-22(12-15-2-4-16(20)5-3-15)19(26)14-24-10-8-23(9-11-24)13-18(25)21-17-6-7-17/h2-5,17H,6-14H2,1H3,(H,21,25). The molecule has 3 rings (SSSR count). The number of hydrogen-bond acceptors (Lipinski definition) is 4. The molecule has 0 unspecified atom stereocenters. The summed E-state index contributed by atoms with van der Waals surface area (Å²) in [5.41, 5.74) is 0.911. The fourth-order valence-corrected chi connectivity index (χ4v) is 3.07. The molecular weight excluding hydrogens is 335 g/mol. The zero-order valence-corrected chi connectivity index (χ0v) is 15.3. The number of benzene rings is 1. The zero-order valence-electron chi connectivity index (χ0n) is 15.3. The average Bonchev–Trinajstić information content (AvgIpc) is 3.42. The lowest BCUT2D eigenvalue weighted by Crippen LogP contribution is -2.51. The number of hydrogen-bond donors (Lipinski definition) is 1. The van der Waals surface area contributed by atoms with Crippen molar-refractivity contribution in [3.05, 3.63) is 35.6 Å². The largest absolute Gasteiger partial charge is 0.352 e. The molecule has 0 spiro atoms. The van der Waals surface area contributed by atoms with E-state index in [0.29, 0.717) is 25.7 Å². The molecule has 0 atom stereocenters. The highest BCUT2D eigenvalue weighted by Gasteiger charge is 2.26. The molecule has 6 nitrogen and oxygen atoms in total. The Bertz CT molecular complexity index is 625. The summed E-state index contributed by atoms with van der Waals surface area (Å²) in [5.74, 6) is -0.114. The molecule has 2 fully saturated rings. The highest BCUT2D eigenvalue weighted by atomic mass is 19.1. The van der Waals surface area contributed by atoms with Gasteiger partial charge in [-0.2, -0.15) is 0 Å². The summed E-state index contributed by atoms with van der Waals surface area (Å²) in [6.45, 7) is 4.46. The Morgan fingerprint density at radius 2 is 1.65 bits per heavy atom. The molecule has 26 heavy (non-hydrogen) atoms. The van der Waals surface area contributed by atoms with Crippen LogP contribution in [0.2, 0.25) is 0 Å². The van der Waals surface area contributed by atoms with E-state index in [-0.39, 0.29) is 17.6 Å². The number of piperazine rings is 1. The van der Waals surface area contributed by atoms with Crippen LogP contribution in [-0.4, -0.2) is 78.9 Å². The first-order valence-corrected chi connectivity index (χ1v) is 9.22. The van der Waals surface area contributed by atoms with Gasteiger partial charge in [0.05, 0.1) is 13.1 Å². The molecule has 1 heterocycles. The Hall–Kier alpha value is -1.99. The molecule has 1 N–H and O–H groups in total. The zero-order chi connectivity index (χ0) is 18.5. The first-order chi connectivity index (χ1) is 12.5. The fourth-order valence-electron chi connectivity index (χ4n) is 3.07. The van der Waals surface area contributed by atoms with E-state index < -0.39 is 0 Å². The van der Waals surface area contributed by atoms with E-state index in [1.165, 1.54) is 12.1 Å². The molecule has 1 aromatic carbocycles.